The van der Waals surface area contributed by atoms with E-state index in [0.717, 1.165) is 36.4 Å². The fourth-order valence-corrected chi connectivity index (χ4v) is 1.50. The molecule has 1 nitrogen and oxygen atoms in total. The minimum Gasteiger partial charge on any atom is -0.288 e. The Labute approximate surface area is 99.7 Å². The molecular weight excluding hydrogens is 248 g/mol. The number of hydrogen-bond acceptors (Lipinski definition) is 1. The number of ketones is 1. The van der Waals surface area contributed by atoms with Gasteiger partial charge in [-0.1, -0.05) is 12.1 Å². The zero-order valence-corrected chi connectivity index (χ0v) is 8.88. The molecule has 0 bridgehead atoms. The van der Waals surface area contributed by atoms with Crippen LogP contribution in [0.1, 0.15) is 15.9 Å². The smallest absolute Gasteiger partial charge is 0.199 e. The van der Waals surface area contributed by atoms with Gasteiger partial charge in [0, 0.05) is 0 Å². The van der Waals surface area contributed by atoms with Crippen LogP contribution in [0, 0.1) is 23.3 Å². The number of rotatable bonds is 2. The van der Waals surface area contributed by atoms with E-state index in [0.29, 0.717) is 0 Å². The lowest BCUT2D eigenvalue weighted by atomic mass is 10.0. The molecule has 0 amide bonds. The van der Waals surface area contributed by atoms with E-state index in [1.165, 1.54) is 0 Å². The molecule has 0 fully saturated rings. The van der Waals surface area contributed by atoms with Gasteiger partial charge in [0.05, 0.1) is 11.1 Å². The Hall–Kier alpha value is -2.17. The topological polar surface area (TPSA) is 17.1 Å². The van der Waals surface area contributed by atoms with Gasteiger partial charge in [0.15, 0.2) is 29.1 Å². The second kappa shape index (κ2) is 4.60. The Morgan fingerprint density at radius 2 is 1.11 bits per heavy atom. The molecule has 0 aliphatic carbocycles. The monoisotopic (exact) mass is 254 g/mol. The first-order chi connectivity index (χ1) is 8.52. The molecule has 0 unspecified atom stereocenters. The molecule has 0 aliphatic rings. The van der Waals surface area contributed by atoms with Crippen molar-refractivity contribution >= 4 is 5.78 Å². The molecule has 0 saturated carbocycles. The maximum absolute atomic E-state index is 13.4. The molecule has 0 aliphatic heterocycles. The summed E-state index contributed by atoms with van der Waals surface area (Å²) in [7, 11) is 0. The summed E-state index contributed by atoms with van der Waals surface area (Å²) in [6, 6.07) is 5.89. The molecule has 0 aromatic heterocycles. The van der Waals surface area contributed by atoms with E-state index in [2.05, 4.69) is 0 Å². The Morgan fingerprint density at radius 1 is 0.722 bits per heavy atom. The lowest BCUT2D eigenvalue weighted by Gasteiger charge is -2.04. The minimum absolute atomic E-state index is 0.639. The lowest BCUT2D eigenvalue weighted by Crippen LogP contribution is -2.09. The standard InChI is InChI=1S/C13H6F4O/c14-9-5-1-3-7(11(9)16)13(18)8-4-2-6-10(15)12(8)17/h1-6H. The second-order valence-electron chi connectivity index (χ2n) is 3.53. The van der Waals surface area contributed by atoms with E-state index >= 15 is 0 Å². The van der Waals surface area contributed by atoms with Crippen molar-refractivity contribution in [2.45, 2.75) is 0 Å². The fraction of sp³-hybridized carbons (Fsp3) is 0. The van der Waals surface area contributed by atoms with Gasteiger partial charge in [0.1, 0.15) is 0 Å². The average Bonchev–Trinajstić information content (AvgIpc) is 2.35. The van der Waals surface area contributed by atoms with Gasteiger partial charge in [-0.05, 0) is 24.3 Å². The summed E-state index contributed by atoms with van der Waals surface area (Å²) in [6.45, 7) is 0. The maximum Gasteiger partial charge on any atom is 0.199 e. The van der Waals surface area contributed by atoms with Crippen molar-refractivity contribution in [2.75, 3.05) is 0 Å². The molecule has 0 saturated heterocycles. The molecular formula is C13H6F4O. The van der Waals surface area contributed by atoms with Crippen molar-refractivity contribution in [3.63, 3.8) is 0 Å². The highest BCUT2D eigenvalue weighted by atomic mass is 19.2. The molecule has 0 radical (unpaired) electrons. The van der Waals surface area contributed by atoms with Gasteiger partial charge in [0.2, 0.25) is 0 Å². The van der Waals surface area contributed by atoms with Gasteiger partial charge in [-0.25, -0.2) is 17.6 Å². The molecule has 2 aromatic rings. The maximum atomic E-state index is 13.4. The third-order valence-corrected chi connectivity index (χ3v) is 2.39. The van der Waals surface area contributed by atoms with Gasteiger partial charge in [-0.3, -0.25) is 4.79 Å². The Balaban J connectivity index is 2.55. The summed E-state index contributed by atoms with van der Waals surface area (Å²) in [5.74, 6) is -6.32. The van der Waals surface area contributed by atoms with Gasteiger partial charge in [0.25, 0.3) is 0 Å². The van der Waals surface area contributed by atoms with E-state index < -0.39 is 40.2 Å². The molecule has 2 rings (SSSR count). The molecule has 18 heavy (non-hydrogen) atoms. The van der Waals surface area contributed by atoms with Crippen LogP contribution in [0.2, 0.25) is 0 Å². The van der Waals surface area contributed by atoms with Crippen molar-refractivity contribution in [1.29, 1.82) is 0 Å². The number of benzene rings is 2. The van der Waals surface area contributed by atoms with Crippen molar-refractivity contribution < 1.29 is 22.4 Å². The van der Waals surface area contributed by atoms with Crippen molar-refractivity contribution in [3.8, 4) is 0 Å². The summed E-state index contributed by atoms with van der Waals surface area (Å²) in [4.78, 5) is 11.8. The van der Waals surface area contributed by atoms with Crippen LogP contribution < -0.4 is 0 Å². The van der Waals surface area contributed by atoms with Gasteiger partial charge < -0.3 is 0 Å². The van der Waals surface area contributed by atoms with Gasteiger partial charge >= 0.3 is 0 Å². The highest BCUT2D eigenvalue weighted by Gasteiger charge is 2.21. The summed E-state index contributed by atoms with van der Waals surface area (Å²) in [5, 5.41) is 0. The predicted molar refractivity (Wildman–Crippen MR) is 56.1 cm³/mol. The Bertz CT molecular complexity index is 569. The van der Waals surface area contributed by atoms with Crippen LogP contribution in [0.15, 0.2) is 36.4 Å². The Morgan fingerprint density at radius 3 is 1.50 bits per heavy atom. The van der Waals surface area contributed by atoms with Crippen LogP contribution in [0.3, 0.4) is 0 Å². The lowest BCUT2D eigenvalue weighted by molar-refractivity contribution is 0.102. The normalized spacial score (nSPS) is 10.4. The van der Waals surface area contributed by atoms with Gasteiger partial charge in [-0.15, -0.1) is 0 Å². The first-order valence-electron chi connectivity index (χ1n) is 4.95. The van der Waals surface area contributed by atoms with Crippen LogP contribution in [-0.4, -0.2) is 5.78 Å². The minimum atomic E-state index is -1.38. The number of carbonyl (C=O) groups is 1. The highest BCUT2D eigenvalue weighted by Crippen LogP contribution is 2.19. The average molecular weight is 254 g/mol. The van der Waals surface area contributed by atoms with Crippen molar-refractivity contribution in [2.24, 2.45) is 0 Å². The molecule has 0 atom stereocenters. The quantitative estimate of drug-likeness (QED) is 0.592. The molecule has 92 valence electrons. The van der Waals surface area contributed by atoms with Crippen LogP contribution >= 0.6 is 0 Å². The molecule has 0 heterocycles. The van der Waals surface area contributed by atoms with Crippen LogP contribution in [0.5, 0.6) is 0 Å². The SMILES string of the molecule is O=C(c1cccc(F)c1F)c1cccc(F)c1F. The number of halogens is 4. The van der Waals surface area contributed by atoms with E-state index in [1.54, 1.807) is 0 Å². The predicted octanol–water partition coefficient (Wildman–Crippen LogP) is 3.47. The van der Waals surface area contributed by atoms with Crippen molar-refractivity contribution in [1.82, 2.24) is 0 Å². The van der Waals surface area contributed by atoms with E-state index in [1.807, 2.05) is 0 Å². The highest BCUT2D eigenvalue weighted by molar-refractivity contribution is 6.09. The molecule has 0 spiro atoms. The third kappa shape index (κ3) is 1.99. The van der Waals surface area contributed by atoms with Crippen LogP contribution in [0.25, 0.3) is 0 Å². The third-order valence-electron chi connectivity index (χ3n) is 2.39. The van der Waals surface area contributed by atoms with Crippen molar-refractivity contribution in [3.05, 3.63) is 70.8 Å². The first-order valence-corrected chi connectivity index (χ1v) is 4.95. The number of carbonyl (C=O) groups excluding carboxylic acids is 1. The van der Waals surface area contributed by atoms with Crippen LogP contribution in [0.4, 0.5) is 17.6 Å². The first kappa shape index (κ1) is 12.3. The second-order valence-corrected chi connectivity index (χ2v) is 3.53. The summed E-state index contributed by atoms with van der Waals surface area (Å²) in [5.41, 5.74) is -1.28. The largest absolute Gasteiger partial charge is 0.288 e. The zero-order chi connectivity index (χ0) is 13.3. The summed E-state index contributed by atoms with van der Waals surface area (Å²) < 4.78 is 52.6. The molecule has 0 N–H and O–H groups in total. The zero-order valence-electron chi connectivity index (χ0n) is 8.88. The van der Waals surface area contributed by atoms with Crippen LogP contribution in [-0.2, 0) is 0 Å². The summed E-state index contributed by atoms with van der Waals surface area (Å²) >= 11 is 0. The molecule has 5 heteroatoms. The van der Waals surface area contributed by atoms with E-state index in [-0.39, 0.29) is 0 Å². The Kier molecular flexibility index (Phi) is 3.14. The van der Waals surface area contributed by atoms with E-state index in [9.17, 15) is 22.4 Å². The van der Waals surface area contributed by atoms with Gasteiger partial charge in [-0.2, -0.15) is 0 Å². The molecule has 2 aromatic carbocycles. The van der Waals surface area contributed by atoms with E-state index in [4.69, 9.17) is 0 Å². The fourth-order valence-electron chi connectivity index (χ4n) is 1.50. The summed E-state index contributed by atoms with van der Waals surface area (Å²) in [6.07, 6.45) is 0. The number of hydrogen-bond donors (Lipinski definition) is 0.